The molecule has 1 unspecified atom stereocenters. The van der Waals surface area contributed by atoms with Crippen molar-refractivity contribution in [1.82, 2.24) is 15.1 Å². The maximum Gasteiger partial charge on any atom is 0.422 e. The molecule has 0 bridgehead atoms. The number of benzene rings is 1. The number of likely N-dealkylation sites (tertiary alicyclic amines) is 1. The minimum Gasteiger partial charge on any atom is -0.490 e. The molecule has 0 saturated carbocycles. The zero-order valence-electron chi connectivity index (χ0n) is 15.7. The molecule has 2 saturated heterocycles. The zero-order valence-corrected chi connectivity index (χ0v) is 15.7. The number of ether oxygens (including phenoxy) is 2. The molecule has 152 valence electrons. The summed E-state index contributed by atoms with van der Waals surface area (Å²) < 4.78 is 47.7. The molecule has 1 N–H and O–H groups in total. The van der Waals surface area contributed by atoms with Crippen LogP contribution in [0.1, 0.15) is 18.9 Å². The molecule has 0 spiro atoms. The predicted molar refractivity (Wildman–Crippen MR) is 97.3 cm³/mol. The average molecular weight is 387 g/mol. The van der Waals surface area contributed by atoms with Crippen LogP contribution in [-0.4, -0.2) is 74.5 Å². The van der Waals surface area contributed by atoms with Gasteiger partial charge in [-0.3, -0.25) is 9.80 Å². The Morgan fingerprint density at radius 1 is 1.11 bits per heavy atom. The fraction of sp³-hybridized carbons (Fsp3) is 0.684. The second kappa shape index (κ2) is 9.12. The highest BCUT2D eigenvalue weighted by molar-refractivity contribution is 5.43. The zero-order chi connectivity index (χ0) is 19.3. The third kappa shape index (κ3) is 5.99. The molecule has 5 nitrogen and oxygen atoms in total. The molecule has 2 aliphatic heterocycles. The van der Waals surface area contributed by atoms with Gasteiger partial charge in [0.15, 0.2) is 18.1 Å². The fourth-order valence-electron chi connectivity index (χ4n) is 3.76. The summed E-state index contributed by atoms with van der Waals surface area (Å²) in [7, 11) is 0. The van der Waals surface area contributed by atoms with E-state index >= 15 is 0 Å². The molecule has 2 fully saturated rings. The van der Waals surface area contributed by atoms with Crippen molar-refractivity contribution in [3.63, 3.8) is 0 Å². The van der Waals surface area contributed by atoms with E-state index in [9.17, 15) is 13.2 Å². The van der Waals surface area contributed by atoms with Gasteiger partial charge >= 0.3 is 6.18 Å². The standard InChI is InChI=1S/C19H28F3N3O2/c1-2-26-18-11-15(3-4-17(18)27-14-19(20,21)22)12-24-8-5-16(13-24)25-9-6-23-7-10-25/h3-4,11,16,23H,2,5-10,12-14H2,1H3. The van der Waals surface area contributed by atoms with Crippen LogP contribution in [0.4, 0.5) is 13.2 Å². The van der Waals surface area contributed by atoms with Crippen molar-refractivity contribution in [1.29, 1.82) is 0 Å². The highest BCUT2D eigenvalue weighted by Gasteiger charge is 2.30. The highest BCUT2D eigenvalue weighted by atomic mass is 19.4. The molecule has 1 aromatic rings. The molecule has 2 aliphatic rings. The largest absolute Gasteiger partial charge is 0.490 e. The van der Waals surface area contributed by atoms with E-state index in [-0.39, 0.29) is 5.75 Å². The van der Waals surface area contributed by atoms with Crippen LogP contribution in [0.25, 0.3) is 0 Å². The Hall–Kier alpha value is -1.51. The fourth-order valence-corrected chi connectivity index (χ4v) is 3.76. The third-order valence-electron chi connectivity index (χ3n) is 5.02. The molecule has 1 aromatic carbocycles. The van der Waals surface area contributed by atoms with E-state index < -0.39 is 12.8 Å². The van der Waals surface area contributed by atoms with Crippen molar-refractivity contribution in [2.45, 2.75) is 32.1 Å². The minimum absolute atomic E-state index is 0.137. The number of halogens is 3. The SMILES string of the molecule is CCOc1cc(CN2CCC(N3CCNCC3)C2)ccc1OCC(F)(F)F. The lowest BCUT2D eigenvalue weighted by Gasteiger charge is -2.32. The first kappa shape index (κ1) is 20.2. The third-order valence-corrected chi connectivity index (χ3v) is 5.02. The van der Waals surface area contributed by atoms with Crippen molar-refractivity contribution in [2.24, 2.45) is 0 Å². The van der Waals surface area contributed by atoms with Crippen LogP contribution < -0.4 is 14.8 Å². The summed E-state index contributed by atoms with van der Waals surface area (Å²) >= 11 is 0. The molecule has 27 heavy (non-hydrogen) atoms. The number of hydrogen-bond donors (Lipinski definition) is 1. The molecule has 1 atom stereocenters. The number of piperazine rings is 1. The second-order valence-corrected chi connectivity index (χ2v) is 7.08. The van der Waals surface area contributed by atoms with Gasteiger partial charge in [0, 0.05) is 51.9 Å². The van der Waals surface area contributed by atoms with Crippen LogP contribution in [0.5, 0.6) is 11.5 Å². The average Bonchev–Trinajstić information content (AvgIpc) is 3.10. The second-order valence-electron chi connectivity index (χ2n) is 7.08. The number of nitrogens with one attached hydrogen (secondary N) is 1. The van der Waals surface area contributed by atoms with Crippen LogP contribution in [0.2, 0.25) is 0 Å². The van der Waals surface area contributed by atoms with Crippen molar-refractivity contribution in [3.05, 3.63) is 23.8 Å². The normalized spacial score (nSPS) is 22.1. The van der Waals surface area contributed by atoms with Gasteiger partial charge in [0.2, 0.25) is 0 Å². The van der Waals surface area contributed by atoms with Crippen molar-refractivity contribution >= 4 is 0 Å². The van der Waals surface area contributed by atoms with Gasteiger partial charge in [0.05, 0.1) is 6.61 Å². The lowest BCUT2D eigenvalue weighted by atomic mass is 10.2. The Kier molecular flexibility index (Phi) is 6.83. The van der Waals surface area contributed by atoms with Gasteiger partial charge in [0.1, 0.15) is 0 Å². The van der Waals surface area contributed by atoms with E-state index in [1.807, 2.05) is 6.07 Å². The highest BCUT2D eigenvalue weighted by Crippen LogP contribution is 2.31. The first-order valence-electron chi connectivity index (χ1n) is 9.57. The number of nitrogens with zero attached hydrogens (tertiary/aromatic N) is 2. The smallest absolute Gasteiger partial charge is 0.422 e. The Bertz CT molecular complexity index is 606. The van der Waals surface area contributed by atoms with E-state index in [1.165, 1.54) is 0 Å². The maximum atomic E-state index is 12.4. The van der Waals surface area contributed by atoms with E-state index in [1.54, 1.807) is 19.1 Å². The van der Waals surface area contributed by atoms with Crippen LogP contribution in [0, 0.1) is 0 Å². The summed E-state index contributed by atoms with van der Waals surface area (Å²) in [4.78, 5) is 4.95. The number of alkyl halides is 3. The monoisotopic (exact) mass is 387 g/mol. The van der Waals surface area contributed by atoms with Crippen molar-refractivity contribution in [2.75, 3.05) is 52.5 Å². The van der Waals surface area contributed by atoms with Crippen LogP contribution in [-0.2, 0) is 6.54 Å². The van der Waals surface area contributed by atoms with E-state index in [0.717, 1.165) is 57.8 Å². The maximum absolute atomic E-state index is 12.4. The Morgan fingerprint density at radius 3 is 2.59 bits per heavy atom. The van der Waals surface area contributed by atoms with Gasteiger partial charge < -0.3 is 14.8 Å². The summed E-state index contributed by atoms with van der Waals surface area (Å²) in [6.45, 7) is 7.98. The minimum atomic E-state index is -4.36. The molecule has 0 aliphatic carbocycles. The van der Waals surface area contributed by atoms with Crippen LogP contribution >= 0.6 is 0 Å². The Balaban J connectivity index is 1.58. The van der Waals surface area contributed by atoms with Gasteiger partial charge in [-0.1, -0.05) is 6.07 Å². The van der Waals surface area contributed by atoms with Crippen molar-refractivity contribution < 1.29 is 22.6 Å². The van der Waals surface area contributed by atoms with Gasteiger partial charge in [0.25, 0.3) is 0 Å². The van der Waals surface area contributed by atoms with E-state index in [0.29, 0.717) is 18.4 Å². The number of rotatable bonds is 7. The van der Waals surface area contributed by atoms with Gasteiger partial charge in [-0.15, -0.1) is 0 Å². The summed E-state index contributed by atoms with van der Waals surface area (Å²) in [5.41, 5.74) is 1.03. The van der Waals surface area contributed by atoms with Crippen LogP contribution in [0.15, 0.2) is 18.2 Å². The first-order chi connectivity index (χ1) is 12.9. The molecule has 0 amide bonds. The molecule has 2 heterocycles. The molecule has 0 radical (unpaired) electrons. The molecule has 3 rings (SSSR count). The predicted octanol–water partition coefficient (Wildman–Crippen LogP) is 2.51. The van der Waals surface area contributed by atoms with Crippen molar-refractivity contribution in [3.8, 4) is 11.5 Å². The molecular formula is C19H28F3N3O2. The topological polar surface area (TPSA) is 37.0 Å². The molecule has 8 heteroatoms. The summed E-state index contributed by atoms with van der Waals surface area (Å²) in [6.07, 6.45) is -3.21. The van der Waals surface area contributed by atoms with E-state index in [2.05, 4.69) is 15.1 Å². The summed E-state index contributed by atoms with van der Waals surface area (Å²) in [5.74, 6) is 0.509. The number of hydrogen-bond acceptors (Lipinski definition) is 5. The quantitative estimate of drug-likeness (QED) is 0.778. The first-order valence-corrected chi connectivity index (χ1v) is 9.57. The summed E-state index contributed by atoms with van der Waals surface area (Å²) in [6, 6.07) is 5.79. The lowest BCUT2D eigenvalue weighted by molar-refractivity contribution is -0.153. The van der Waals surface area contributed by atoms with Gasteiger partial charge in [-0.25, -0.2) is 0 Å². The molecule has 0 aromatic heterocycles. The lowest BCUT2D eigenvalue weighted by Crippen LogP contribution is -2.49. The Morgan fingerprint density at radius 2 is 1.89 bits per heavy atom. The van der Waals surface area contributed by atoms with Crippen LogP contribution in [0.3, 0.4) is 0 Å². The molecular weight excluding hydrogens is 359 g/mol. The Labute approximate surface area is 158 Å². The van der Waals surface area contributed by atoms with Gasteiger partial charge in [-0.05, 0) is 31.0 Å². The van der Waals surface area contributed by atoms with Gasteiger partial charge in [-0.2, -0.15) is 13.2 Å². The summed E-state index contributed by atoms with van der Waals surface area (Å²) in [5, 5.41) is 3.38. The van der Waals surface area contributed by atoms with E-state index in [4.69, 9.17) is 9.47 Å².